The van der Waals surface area contributed by atoms with Crippen molar-refractivity contribution in [2.24, 2.45) is 0 Å². The van der Waals surface area contributed by atoms with E-state index < -0.39 is 9.84 Å². The molecule has 0 bridgehead atoms. The summed E-state index contributed by atoms with van der Waals surface area (Å²) in [4.78, 5) is 13.6. The van der Waals surface area contributed by atoms with Gasteiger partial charge in [0.15, 0.2) is 9.84 Å². The van der Waals surface area contributed by atoms with Crippen molar-refractivity contribution < 1.29 is 17.9 Å². The van der Waals surface area contributed by atoms with Crippen molar-refractivity contribution in [1.82, 2.24) is 10.2 Å². The van der Waals surface area contributed by atoms with Crippen molar-refractivity contribution in [1.29, 1.82) is 0 Å². The van der Waals surface area contributed by atoms with Gasteiger partial charge in [-0.2, -0.15) is 0 Å². The largest absolute Gasteiger partial charge is 0.376 e. The molecule has 19 heavy (non-hydrogen) atoms. The number of carbonyl (C=O) groups excluding carboxylic acids is 1. The number of rotatable bonds is 3. The first-order chi connectivity index (χ1) is 8.89. The minimum Gasteiger partial charge on any atom is -0.376 e. The number of ether oxygens (including phenoxy) is 1. The number of amides is 2. The van der Waals surface area contributed by atoms with Crippen LogP contribution in [-0.4, -0.2) is 62.7 Å². The van der Waals surface area contributed by atoms with Gasteiger partial charge >= 0.3 is 6.03 Å². The second kappa shape index (κ2) is 5.66. The topological polar surface area (TPSA) is 75.7 Å². The molecule has 0 aromatic heterocycles. The summed E-state index contributed by atoms with van der Waals surface area (Å²) in [5.41, 5.74) is 0. The summed E-state index contributed by atoms with van der Waals surface area (Å²) < 4.78 is 28.4. The molecule has 0 radical (unpaired) electrons. The minimum absolute atomic E-state index is 0.0459. The van der Waals surface area contributed by atoms with Crippen molar-refractivity contribution in [3.63, 3.8) is 0 Å². The Morgan fingerprint density at radius 1 is 1.42 bits per heavy atom. The summed E-state index contributed by atoms with van der Waals surface area (Å²) in [5.74, 6) is 0.252. The predicted octanol–water partition coefficient (Wildman–Crippen LogP) is 0.382. The van der Waals surface area contributed by atoms with Crippen LogP contribution in [0.2, 0.25) is 0 Å². The molecule has 2 heterocycles. The second-order valence-corrected chi connectivity index (χ2v) is 7.69. The highest BCUT2D eigenvalue weighted by Gasteiger charge is 2.33. The minimum atomic E-state index is -2.96. The van der Waals surface area contributed by atoms with Crippen molar-refractivity contribution in [3.8, 4) is 0 Å². The average molecular weight is 290 g/mol. The maximum absolute atomic E-state index is 12.1. The van der Waals surface area contributed by atoms with Gasteiger partial charge in [0.25, 0.3) is 0 Å². The summed E-state index contributed by atoms with van der Waals surface area (Å²) in [7, 11) is -1.31. The van der Waals surface area contributed by atoms with Gasteiger partial charge in [0.05, 0.1) is 23.7 Å². The van der Waals surface area contributed by atoms with Crippen LogP contribution in [0.1, 0.15) is 26.2 Å². The van der Waals surface area contributed by atoms with E-state index in [0.717, 1.165) is 19.4 Å². The highest BCUT2D eigenvalue weighted by Crippen LogP contribution is 2.18. The molecule has 2 rings (SSSR count). The van der Waals surface area contributed by atoms with E-state index in [1.165, 1.54) is 4.90 Å². The van der Waals surface area contributed by atoms with Crippen LogP contribution in [0.15, 0.2) is 0 Å². The van der Waals surface area contributed by atoms with Crippen LogP contribution in [0.25, 0.3) is 0 Å². The van der Waals surface area contributed by atoms with E-state index in [1.54, 1.807) is 7.05 Å². The summed E-state index contributed by atoms with van der Waals surface area (Å²) >= 11 is 0. The van der Waals surface area contributed by atoms with Gasteiger partial charge in [0, 0.05) is 19.7 Å². The van der Waals surface area contributed by atoms with E-state index >= 15 is 0 Å². The lowest BCUT2D eigenvalue weighted by Crippen LogP contribution is -2.50. The fourth-order valence-electron chi connectivity index (χ4n) is 2.63. The highest BCUT2D eigenvalue weighted by atomic mass is 32.2. The lowest BCUT2D eigenvalue weighted by molar-refractivity contribution is 0.0831. The molecule has 2 aliphatic rings. The third-order valence-corrected chi connectivity index (χ3v) is 5.70. The van der Waals surface area contributed by atoms with Crippen molar-refractivity contribution in [3.05, 3.63) is 0 Å². The first kappa shape index (κ1) is 14.6. The van der Waals surface area contributed by atoms with Gasteiger partial charge in [0.1, 0.15) is 0 Å². The van der Waals surface area contributed by atoms with E-state index in [-0.39, 0.29) is 35.7 Å². The van der Waals surface area contributed by atoms with Crippen LogP contribution in [0, 0.1) is 0 Å². The van der Waals surface area contributed by atoms with Crippen LogP contribution in [-0.2, 0) is 14.6 Å². The lowest BCUT2D eigenvalue weighted by Gasteiger charge is -2.27. The molecule has 2 saturated heterocycles. The SMILES string of the molecule is CC(NC(=O)N(C)C1CCS(=O)(=O)C1)C1CCCO1. The van der Waals surface area contributed by atoms with Crippen molar-refractivity contribution in [2.45, 2.75) is 44.4 Å². The van der Waals surface area contributed by atoms with E-state index in [1.807, 2.05) is 6.92 Å². The van der Waals surface area contributed by atoms with Gasteiger partial charge in [-0.3, -0.25) is 0 Å². The first-order valence-corrected chi connectivity index (χ1v) is 8.56. The zero-order valence-electron chi connectivity index (χ0n) is 11.5. The Balaban J connectivity index is 1.85. The Hall–Kier alpha value is -0.820. The smallest absolute Gasteiger partial charge is 0.317 e. The maximum atomic E-state index is 12.1. The lowest BCUT2D eigenvalue weighted by atomic mass is 10.1. The van der Waals surface area contributed by atoms with Crippen LogP contribution in [0.5, 0.6) is 0 Å². The summed E-state index contributed by atoms with van der Waals surface area (Å²) in [5, 5.41) is 2.89. The molecule has 0 aliphatic carbocycles. The van der Waals surface area contributed by atoms with E-state index in [4.69, 9.17) is 4.74 Å². The van der Waals surface area contributed by atoms with Gasteiger partial charge in [-0.1, -0.05) is 0 Å². The molecule has 3 unspecified atom stereocenters. The normalized spacial score (nSPS) is 31.1. The van der Waals surface area contributed by atoms with Gasteiger partial charge in [-0.25, -0.2) is 13.2 Å². The Bertz CT molecular complexity index is 431. The Kier molecular flexibility index (Phi) is 4.35. The second-order valence-electron chi connectivity index (χ2n) is 5.46. The molecule has 7 heteroatoms. The maximum Gasteiger partial charge on any atom is 0.317 e. The molecule has 0 saturated carbocycles. The Labute approximate surface area is 114 Å². The number of hydrogen-bond acceptors (Lipinski definition) is 4. The number of sulfone groups is 1. The number of urea groups is 1. The Morgan fingerprint density at radius 2 is 2.16 bits per heavy atom. The molecule has 3 atom stereocenters. The quantitative estimate of drug-likeness (QED) is 0.815. The zero-order valence-corrected chi connectivity index (χ0v) is 12.3. The van der Waals surface area contributed by atoms with Crippen molar-refractivity contribution in [2.75, 3.05) is 25.2 Å². The standard InChI is InChI=1S/C12H22N2O4S/c1-9(11-4-3-6-18-11)13-12(15)14(2)10-5-7-19(16,17)8-10/h9-11H,3-8H2,1-2H3,(H,13,15). The first-order valence-electron chi connectivity index (χ1n) is 6.74. The third kappa shape index (κ3) is 3.60. The fraction of sp³-hybridized carbons (Fsp3) is 0.917. The molecule has 2 amide bonds. The molecule has 2 fully saturated rings. The molecular weight excluding hydrogens is 268 g/mol. The van der Waals surface area contributed by atoms with Gasteiger partial charge in [-0.05, 0) is 26.2 Å². The van der Waals surface area contributed by atoms with Crippen LogP contribution in [0.3, 0.4) is 0 Å². The van der Waals surface area contributed by atoms with Gasteiger partial charge in [0.2, 0.25) is 0 Å². The number of carbonyl (C=O) groups is 1. The molecular formula is C12H22N2O4S. The van der Waals surface area contributed by atoms with Gasteiger partial charge < -0.3 is 15.0 Å². The molecule has 0 aromatic rings. The molecule has 2 aliphatic heterocycles. The van der Waals surface area contributed by atoms with E-state index in [9.17, 15) is 13.2 Å². The van der Waals surface area contributed by atoms with Gasteiger partial charge in [-0.15, -0.1) is 0 Å². The van der Waals surface area contributed by atoms with Crippen molar-refractivity contribution >= 4 is 15.9 Å². The number of hydrogen-bond donors (Lipinski definition) is 1. The van der Waals surface area contributed by atoms with Crippen LogP contribution < -0.4 is 5.32 Å². The third-order valence-electron chi connectivity index (χ3n) is 3.95. The molecule has 0 aromatic carbocycles. The predicted molar refractivity (Wildman–Crippen MR) is 71.8 cm³/mol. The average Bonchev–Trinajstić information content (AvgIpc) is 2.96. The summed E-state index contributed by atoms with van der Waals surface area (Å²) in [6.07, 6.45) is 2.59. The van der Waals surface area contributed by atoms with E-state index in [2.05, 4.69) is 5.32 Å². The molecule has 110 valence electrons. The monoisotopic (exact) mass is 290 g/mol. The summed E-state index contributed by atoms with van der Waals surface area (Å²) in [6, 6.07) is -0.470. The highest BCUT2D eigenvalue weighted by molar-refractivity contribution is 7.91. The molecule has 0 spiro atoms. The zero-order chi connectivity index (χ0) is 14.0. The number of nitrogens with zero attached hydrogens (tertiary/aromatic N) is 1. The van der Waals surface area contributed by atoms with Crippen LogP contribution in [0.4, 0.5) is 4.79 Å². The molecule has 1 N–H and O–H groups in total. The number of nitrogens with one attached hydrogen (secondary N) is 1. The fourth-order valence-corrected chi connectivity index (χ4v) is 4.41. The van der Waals surface area contributed by atoms with E-state index in [0.29, 0.717) is 6.42 Å². The Morgan fingerprint density at radius 3 is 2.68 bits per heavy atom. The molecule has 6 nitrogen and oxygen atoms in total. The van der Waals surface area contributed by atoms with Crippen LogP contribution >= 0.6 is 0 Å². The summed E-state index contributed by atoms with van der Waals surface area (Å²) in [6.45, 7) is 2.68.